The number of rotatable bonds is 3. The van der Waals surface area contributed by atoms with Crippen LogP contribution in [0.25, 0.3) is 0 Å². The van der Waals surface area contributed by atoms with E-state index in [1.807, 2.05) is 9.80 Å². The second-order valence-corrected chi connectivity index (χ2v) is 7.91. The van der Waals surface area contributed by atoms with Crippen LogP contribution in [-0.4, -0.2) is 98.1 Å². The summed E-state index contributed by atoms with van der Waals surface area (Å²) < 4.78 is 5.56. The number of halogens is 2. The quantitative estimate of drug-likeness (QED) is 0.712. The van der Waals surface area contributed by atoms with Crippen molar-refractivity contribution in [2.75, 3.05) is 65.5 Å². The van der Waals surface area contributed by atoms with Crippen LogP contribution >= 0.6 is 24.8 Å². The van der Waals surface area contributed by atoms with Crippen molar-refractivity contribution < 1.29 is 14.3 Å². The summed E-state index contributed by atoms with van der Waals surface area (Å²) in [5.74, 6) is 1.49. The van der Waals surface area contributed by atoms with E-state index in [4.69, 9.17) is 4.74 Å². The van der Waals surface area contributed by atoms with Crippen LogP contribution in [-0.2, 0) is 14.3 Å². The fourth-order valence-electron chi connectivity index (χ4n) is 4.21. The standard InChI is InChI=1S/C18H32N4O3.2ClH/c1-14-9-15(2)12-22(11-14)17(23)13-20-4-6-21(7-5-20)18(24)16-10-19-3-8-25-16;;/h14-16,19H,3-13H2,1-2H3;2*1H/t14?,15?,16-;;/m1../s1. The summed E-state index contributed by atoms with van der Waals surface area (Å²) >= 11 is 0. The SMILES string of the molecule is CC1CC(C)CN(C(=O)CN2CCN(C(=O)[C@H]3CNCCO3)CC2)C1.Cl.Cl. The van der Waals surface area contributed by atoms with Crippen LogP contribution in [0.5, 0.6) is 0 Å². The minimum Gasteiger partial charge on any atom is -0.366 e. The Labute approximate surface area is 174 Å². The molecule has 0 aromatic carbocycles. The van der Waals surface area contributed by atoms with Gasteiger partial charge in [-0.05, 0) is 18.3 Å². The zero-order valence-corrected chi connectivity index (χ0v) is 18.0. The number of carbonyl (C=O) groups is 2. The maximum atomic E-state index is 12.6. The number of piperazine rings is 1. The number of piperidine rings is 1. The largest absolute Gasteiger partial charge is 0.366 e. The van der Waals surface area contributed by atoms with Crippen LogP contribution in [0.3, 0.4) is 0 Å². The Kier molecular flexibility index (Phi) is 10.3. The lowest BCUT2D eigenvalue weighted by molar-refractivity contribution is -0.147. The van der Waals surface area contributed by atoms with Crippen molar-refractivity contribution >= 4 is 36.6 Å². The van der Waals surface area contributed by atoms with Crippen molar-refractivity contribution in [3.05, 3.63) is 0 Å². The zero-order chi connectivity index (χ0) is 17.8. The lowest BCUT2D eigenvalue weighted by Crippen LogP contribution is -2.56. The summed E-state index contributed by atoms with van der Waals surface area (Å²) in [7, 11) is 0. The highest BCUT2D eigenvalue weighted by molar-refractivity contribution is 5.85. The number of hydrogen-bond donors (Lipinski definition) is 1. The molecule has 7 nitrogen and oxygen atoms in total. The molecular formula is C18H34Cl2N4O3. The Morgan fingerprint density at radius 1 is 1.00 bits per heavy atom. The van der Waals surface area contributed by atoms with Gasteiger partial charge in [-0.25, -0.2) is 0 Å². The molecule has 0 aliphatic carbocycles. The predicted molar refractivity (Wildman–Crippen MR) is 110 cm³/mol. The highest BCUT2D eigenvalue weighted by Gasteiger charge is 2.31. The van der Waals surface area contributed by atoms with Gasteiger partial charge in [0.1, 0.15) is 6.10 Å². The van der Waals surface area contributed by atoms with Gasteiger partial charge in [-0.15, -0.1) is 24.8 Å². The maximum absolute atomic E-state index is 12.6. The third-order valence-corrected chi connectivity index (χ3v) is 5.47. The molecule has 27 heavy (non-hydrogen) atoms. The minimum absolute atomic E-state index is 0. The van der Waals surface area contributed by atoms with Crippen molar-refractivity contribution in [1.82, 2.24) is 20.0 Å². The predicted octanol–water partition coefficient (Wildman–Crippen LogP) is 0.467. The van der Waals surface area contributed by atoms with Crippen molar-refractivity contribution in [2.45, 2.75) is 26.4 Å². The van der Waals surface area contributed by atoms with Crippen molar-refractivity contribution in [3.8, 4) is 0 Å². The van der Waals surface area contributed by atoms with Crippen LogP contribution in [0, 0.1) is 11.8 Å². The number of nitrogens with zero attached hydrogens (tertiary/aromatic N) is 3. The normalized spacial score (nSPS) is 29.5. The van der Waals surface area contributed by atoms with E-state index in [0.29, 0.717) is 44.6 Å². The molecule has 0 spiro atoms. The van der Waals surface area contributed by atoms with E-state index >= 15 is 0 Å². The molecule has 3 rings (SSSR count). The third-order valence-electron chi connectivity index (χ3n) is 5.47. The topological polar surface area (TPSA) is 65.1 Å². The first kappa shape index (κ1) is 24.4. The molecule has 0 radical (unpaired) electrons. The molecule has 3 atom stereocenters. The molecule has 158 valence electrons. The molecular weight excluding hydrogens is 391 g/mol. The lowest BCUT2D eigenvalue weighted by atomic mass is 9.92. The van der Waals surface area contributed by atoms with Gasteiger partial charge in [0.2, 0.25) is 5.91 Å². The number of ether oxygens (including phenoxy) is 1. The molecule has 3 fully saturated rings. The third kappa shape index (κ3) is 6.75. The average molecular weight is 425 g/mol. The molecule has 0 aromatic heterocycles. The summed E-state index contributed by atoms with van der Waals surface area (Å²) in [6.07, 6.45) is 0.862. The fraction of sp³-hybridized carbons (Fsp3) is 0.889. The van der Waals surface area contributed by atoms with E-state index in [9.17, 15) is 9.59 Å². The molecule has 0 saturated carbocycles. The van der Waals surface area contributed by atoms with E-state index in [1.54, 1.807) is 0 Å². The lowest BCUT2D eigenvalue weighted by Gasteiger charge is -2.39. The number of amides is 2. The fourth-order valence-corrected chi connectivity index (χ4v) is 4.21. The Hall–Kier alpha value is -0.600. The van der Waals surface area contributed by atoms with Crippen LogP contribution in [0.1, 0.15) is 20.3 Å². The van der Waals surface area contributed by atoms with Gasteiger partial charge in [-0.3, -0.25) is 14.5 Å². The second-order valence-electron chi connectivity index (χ2n) is 7.91. The molecule has 3 heterocycles. The highest BCUT2D eigenvalue weighted by Crippen LogP contribution is 2.21. The highest BCUT2D eigenvalue weighted by atomic mass is 35.5. The first-order valence-electron chi connectivity index (χ1n) is 9.64. The molecule has 2 amide bonds. The van der Waals surface area contributed by atoms with Gasteiger partial charge in [0.25, 0.3) is 5.91 Å². The molecule has 0 bridgehead atoms. The molecule has 3 saturated heterocycles. The van der Waals surface area contributed by atoms with Crippen LogP contribution in [0.15, 0.2) is 0 Å². The van der Waals surface area contributed by atoms with Crippen LogP contribution in [0.4, 0.5) is 0 Å². The summed E-state index contributed by atoms with van der Waals surface area (Å²) in [6, 6.07) is 0. The molecule has 2 unspecified atom stereocenters. The number of likely N-dealkylation sites (tertiary alicyclic amines) is 1. The van der Waals surface area contributed by atoms with Gasteiger partial charge < -0.3 is 19.9 Å². The molecule has 1 N–H and O–H groups in total. The van der Waals surface area contributed by atoms with E-state index in [2.05, 4.69) is 24.1 Å². The monoisotopic (exact) mass is 424 g/mol. The van der Waals surface area contributed by atoms with Crippen LogP contribution < -0.4 is 5.32 Å². The van der Waals surface area contributed by atoms with Crippen molar-refractivity contribution in [1.29, 1.82) is 0 Å². The van der Waals surface area contributed by atoms with E-state index in [0.717, 1.165) is 32.7 Å². The summed E-state index contributed by atoms with van der Waals surface area (Å²) in [4.78, 5) is 31.1. The zero-order valence-electron chi connectivity index (χ0n) is 16.4. The van der Waals surface area contributed by atoms with Crippen molar-refractivity contribution in [2.24, 2.45) is 11.8 Å². The summed E-state index contributed by atoms with van der Waals surface area (Å²) in [6.45, 7) is 11.6. The summed E-state index contributed by atoms with van der Waals surface area (Å²) in [5, 5.41) is 3.20. The van der Waals surface area contributed by atoms with Crippen LogP contribution in [0.2, 0.25) is 0 Å². The second kappa shape index (κ2) is 11.4. The van der Waals surface area contributed by atoms with Gasteiger partial charge in [0.05, 0.1) is 13.2 Å². The van der Waals surface area contributed by atoms with E-state index in [1.165, 1.54) is 6.42 Å². The number of morpholine rings is 1. The smallest absolute Gasteiger partial charge is 0.253 e. The number of carbonyl (C=O) groups excluding carboxylic acids is 2. The van der Waals surface area contributed by atoms with Gasteiger partial charge in [0.15, 0.2) is 0 Å². The first-order chi connectivity index (χ1) is 12.0. The Morgan fingerprint density at radius 2 is 1.63 bits per heavy atom. The van der Waals surface area contributed by atoms with Gasteiger partial charge >= 0.3 is 0 Å². The molecule has 3 aliphatic heterocycles. The van der Waals surface area contributed by atoms with E-state index in [-0.39, 0.29) is 42.7 Å². The minimum atomic E-state index is -0.349. The molecule has 0 aromatic rings. The van der Waals surface area contributed by atoms with Gasteiger partial charge in [0, 0.05) is 52.4 Å². The van der Waals surface area contributed by atoms with Gasteiger partial charge in [-0.1, -0.05) is 13.8 Å². The maximum Gasteiger partial charge on any atom is 0.253 e. The number of hydrogen-bond acceptors (Lipinski definition) is 5. The average Bonchev–Trinajstić information content (AvgIpc) is 2.61. The Balaban J connectivity index is 0.00000182. The number of nitrogens with one attached hydrogen (secondary N) is 1. The van der Waals surface area contributed by atoms with E-state index < -0.39 is 0 Å². The first-order valence-corrected chi connectivity index (χ1v) is 9.64. The van der Waals surface area contributed by atoms with Gasteiger partial charge in [-0.2, -0.15) is 0 Å². The van der Waals surface area contributed by atoms with Crippen molar-refractivity contribution in [3.63, 3.8) is 0 Å². The Bertz CT molecular complexity index is 473. The summed E-state index contributed by atoms with van der Waals surface area (Å²) in [5.41, 5.74) is 0. The molecule has 3 aliphatic rings. The molecule has 9 heteroatoms. The Morgan fingerprint density at radius 3 is 2.19 bits per heavy atom.